The van der Waals surface area contributed by atoms with Crippen LogP contribution in [0.25, 0.3) is 0 Å². The van der Waals surface area contributed by atoms with Crippen LogP contribution in [0.1, 0.15) is 46.5 Å². The standard InChI is InChI=1S/C15H27NO7/c1-4-6-9-20-14(18)22-11-8-16-13(17)12(3)23-15(19)21-10-7-5-2/h12H,4-11H2,1-3H3,(H,16,17)/t12-/m1/s1. The van der Waals surface area contributed by atoms with Gasteiger partial charge in [-0.2, -0.15) is 0 Å². The van der Waals surface area contributed by atoms with Crippen molar-refractivity contribution in [2.75, 3.05) is 26.4 Å². The number of rotatable bonds is 11. The van der Waals surface area contributed by atoms with Gasteiger partial charge in [0.15, 0.2) is 6.10 Å². The predicted octanol–water partition coefficient (Wildman–Crippen LogP) is 2.40. The molecule has 0 bridgehead atoms. The number of carbonyl (C=O) groups is 3. The molecule has 1 atom stereocenters. The van der Waals surface area contributed by atoms with Crippen LogP contribution in [0.3, 0.4) is 0 Å². The molecule has 134 valence electrons. The SMILES string of the molecule is CCCCOC(=O)OCCNC(=O)[C@@H](C)OC(=O)OCCCC. The fourth-order valence-electron chi connectivity index (χ4n) is 1.33. The molecule has 0 saturated heterocycles. The summed E-state index contributed by atoms with van der Waals surface area (Å²) in [6.07, 6.45) is 0.692. The van der Waals surface area contributed by atoms with Gasteiger partial charge >= 0.3 is 12.3 Å². The van der Waals surface area contributed by atoms with Crippen molar-refractivity contribution < 1.29 is 33.3 Å². The molecule has 0 heterocycles. The summed E-state index contributed by atoms with van der Waals surface area (Å²) in [6.45, 7) is 6.02. The summed E-state index contributed by atoms with van der Waals surface area (Å²) in [4.78, 5) is 34.0. The zero-order valence-electron chi connectivity index (χ0n) is 14.1. The van der Waals surface area contributed by atoms with Crippen LogP contribution in [-0.2, 0) is 23.7 Å². The molecule has 1 amide bonds. The number of nitrogens with one attached hydrogen (secondary N) is 1. The van der Waals surface area contributed by atoms with Crippen molar-refractivity contribution in [2.24, 2.45) is 0 Å². The third-order valence-electron chi connectivity index (χ3n) is 2.70. The summed E-state index contributed by atoms with van der Waals surface area (Å²) in [5, 5.41) is 2.47. The normalized spacial score (nSPS) is 11.3. The molecule has 8 heteroatoms. The van der Waals surface area contributed by atoms with Gasteiger partial charge in [-0.05, 0) is 19.8 Å². The minimum atomic E-state index is -0.986. The highest BCUT2D eigenvalue weighted by Gasteiger charge is 2.18. The number of ether oxygens (including phenoxy) is 4. The average Bonchev–Trinajstić information content (AvgIpc) is 2.51. The molecule has 0 radical (unpaired) electrons. The van der Waals surface area contributed by atoms with Crippen LogP contribution in [0.5, 0.6) is 0 Å². The Morgan fingerprint density at radius 3 is 1.96 bits per heavy atom. The molecule has 0 spiro atoms. The van der Waals surface area contributed by atoms with Gasteiger partial charge in [-0.25, -0.2) is 9.59 Å². The van der Waals surface area contributed by atoms with Crippen molar-refractivity contribution in [3.63, 3.8) is 0 Å². The Morgan fingerprint density at radius 1 is 0.870 bits per heavy atom. The number of unbranched alkanes of at least 4 members (excludes halogenated alkanes) is 2. The van der Waals surface area contributed by atoms with Crippen LogP contribution in [0.2, 0.25) is 0 Å². The second kappa shape index (κ2) is 13.7. The molecular weight excluding hydrogens is 306 g/mol. The van der Waals surface area contributed by atoms with Gasteiger partial charge in [-0.15, -0.1) is 0 Å². The molecule has 0 aromatic carbocycles. The van der Waals surface area contributed by atoms with Crippen molar-refractivity contribution in [3.05, 3.63) is 0 Å². The van der Waals surface area contributed by atoms with E-state index in [-0.39, 0.29) is 19.8 Å². The third kappa shape index (κ3) is 12.3. The zero-order chi connectivity index (χ0) is 17.5. The van der Waals surface area contributed by atoms with Crippen LogP contribution in [0, 0.1) is 0 Å². The van der Waals surface area contributed by atoms with E-state index in [0.29, 0.717) is 6.61 Å². The molecule has 0 aromatic heterocycles. The summed E-state index contributed by atoms with van der Waals surface area (Å²) >= 11 is 0. The topological polar surface area (TPSA) is 100 Å². The summed E-state index contributed by atoms with van der Waals surface area (Å²) < 4.78 is 19.1. The van der Waals surface area contributed by atoms with Gasteiger partial charge in [0, 0.05) is 0 Å². The Kier molecular flexibility index (Phi) is 12.5. The fourth-order valence-corrected chi connectivity index (χ4v) is 1.33. The van der Waals surface area contributed by atoms with E-state index in [1.807, 2.05) is 13.8 Å². The van der Waals surface area contributed by atoms with E-state index in [9.17, 15) is 14.4 Å². The summed E-state index contributed by atoms with van der Waals surface area (Å²) in [7, 11) is 0. The fraction of sp³-hybridized carbons (Fsp3) is 0.800. The zero-order valence-corrected chi connectivity index (χ0v) is 14.1. The molecule has 0 rings (SSSR count). The van der Waals surface area contributed by atoms with Gasteiger partial charge in [0.1, 0.15) is 6.61 Å². The van der Waals surface area contributed by atoms with E-state index in [1.165, 1.54) is 6.92 Å². The molecule has 1 N–H and O–H groups in total. The Morgan fingerprint density at radius 2 is 1.39 bits per heavy atom. The minimum Gasteiger partial charge on any atom is -0.434 e. The van der Waals surface area contributed by atoms with Gasteiger partial charge in [-0.3, -0.25) is 4.79 Å². The first kappa shape index (κ1) is 21.0. The Hall–Kier alpha value is -1.99. The van der Waals surface area contributed by atoms with Gasteiger partial charge in [-0.1, -0.05) is 26.7 Å². The van der Waals surface area contributed by atoms with Crippen molar-refractivity contribution >= 4 is 18.2 Å². The van der Waals surface area contributed by atoms with Crippen LogP contribution in [-0.4, -0.2) is 50.7 Å². The van der Waals surface area contributed by atoms with Crippen LogP contribution in [0.15, 0.2) is 0 Å². The first-order chi connectivity index (χ1) is 11.0. The van der Waals surface area contributed by atoms with E-state index < -0.39 is 24.3 Å². The van der Waals surface area contributed by atoms with E-state index in [1.54, 1.807) is 0 Å². The van der Waals surface area contributed by atoms with Gasteiger partial charge in [0.2, 0.25) is 0 Å². The largest absolute Gasteiger partial charge is 0.509 e. The lowest BCUT2D eigenvalue weighted by atomic mass is 10.4. The lowest BCUT2D eigenvalue weighted by Gasteiger charge is -2.13. The molecule has 0 unspecified atom stereocenters. The molecule has 8 nitrogen and oxygen atoms in total. The van der Waals surface area contributed by atoms with Crippen molar-refractivity contribution in [1.29, 1.82) is 0 Å². The lowest BCUT2D eigenvalue weighted by Crippen LogP contribution is -2.38. The van der Waals surface area contributed by atoms with Crippen molar-refractivity contribution in [1.82, 2.24) is 5.32 Å². The summed E-state index contributed by atoms with van der Waals surface area (Å²) in [5.74, 6) is -0.500. The van der Waals surface area contributed by atoms with E-state index in [4.69, 9.17) is 18.9 Å². The second-order valence-electron chi connectivity index (χ2n) is 4.80. The quantitative estimate of drug-likeness (QED) is 0.457. The molecule has 0 aliphatic heterocycles. The molecule has 0 aliphatic carbocycles. The predicted molar refractivity (Wildman–Crippen MR) is 82.0 cm³/mol. The molecule has 0 fully saturated rings. The van der Waals surface area contributed by atoms with Crippen LogP contribution < -0.4 is 5.32 Å². The first-order valence-electron chi connectivity index (χ1n) is 7.91. The van der Waals surface area contributed by atoms with Crippen molar-refractivity contribution in [3.8, 4) is 0 Å². The van der Waals surface area contributed by atoms with E-state index in [0.717, 1.165) is 25.7 Å². The van der Waals surface area contributed by atoms with Crippen LogP contribution in [0.4, 0.5) is 9.59 Å². The highest BCUT2D eigenvalue weighted by atomic mass is 16.7. The number of hydrogen-bond donors (Lipinski definition) is 1. The number of hydrogen-bond acceptors (Lipinski definition) is 7. The first-order valence-corrected chi connectivity index (χ1v) is 7.91. The molecule has 0 saturated carbocycles. The van der Waals surface area contributed by atoms with E-state index in [2.05, 4.69) is 5.32 Å². The summed E-state index contributed by atoms with van der Waals surface area (Å²) in [5.41, 5.74) is 0. The second-order valence-corrected chi connectivity index (χ2v) is 4.80. The van der Waals surface area contributed by atoms with Crippen LogP contribution >= 0.6 is 0 Å². The minimum absolute atomic E-state index is 0.0234. The monoisotopic (exact) mass is 333 g/mol. The maximum atomic E-state index is 11.6. The smallest absolute Gasteiger partial charge is 0.434 e. The maximum Gasteiger partial charge on any atom is 0.509 e. The van der Waals surface area contributed by atoms with Gasteiger partial charge < -0.3 is 24.3 Å². The molecular formula is C15H27NO7. The molecule has 23 heavy (non-hydrogen) atoms. The van der Waals surface area contributed by atoms with Crippen molar-refractivity contribution in [2.45, 2.75) is 52.6 Å². The number of amides is 1. The maximum absolute atomic E-state index is 11.6. The van der Waals surface area contributed by atoms with Gasteiger partial charge in [0.25, 0.3) is 5.91 Å². The lowest BCUT2D eigenvalue weighted by molar-refractivity contribution is -0.130. The van der Waals surface area contributed by atoms with Gasteiger partial charge in [0.05, 0.1) is 19.8 Å². The summed E-state index contributed by atoms with van der Waals surface area (Å²) in [6, 6.07) is 0. The molecule has 0 aliphatic rings. The Bertz CT molecular complexity index is 360. The van der Waals surface area contributed by atoms with E-state index >= 15 is 0 Å². The molecule has 0 aromatic rings. The highest BCUT2D eigenvalue weighted by Crippen LogP contribution is 1.97. The Labute approximate surface area is 136 Å². The number of carbonyl (C=O) groups excluding carboxylic acids is 3. The third-order valence-corrected chi connectivity index (χ3v) is 2.70. The Balaban J connectivity index is 3.71. The highest BCUT2D eigenvalue weighted by molar-refractivity contribution is 5.82. The average molecular weight is 333 g/mol.